The van der Waals surface area contributed by atoms with Crippen LogP contribution in [0.3, 0.4) is 0 Å². The van der Waals surface area contributed by atoms with Crippen molar-refractivity contribution in [1.82, 2.24) is 4.90 Å². The summed E-state index contributed by atoms with van der Waals surface area (Å²) in [6.45, 7) is 7.58. The van der Waals surface area contributed by atoms with Gasteiger partial charge in [-0.05, 0) is 20.8 Å². The van der Waals surface area contributed by atoms with E-state index in [0.717, 1.165) is 16.9 Å². The number of para-hydroxylation sites is 1. The third-order valence-electron chi connectivity index (χ3n) is 3.31. The smallest absolute Gasteiger partial charge is 0.410 e. The van der Waals surface area contributed by atoms with Crippen LogP contribution in [0, 0.1) is 0 Å². The van der Waals surface area contributed by atoms with Crippen molar-refractivity contribution >= 4 is 12.2 Å². The normalized spacial score (nSPS) is 15.0. The van der Waals surface area contributed by atoms with Gasteiger partial charge in [0.2, 0.25) is 0 Å². The third-order valence-corrected chi connectivity index (χ3v) is 3.31. The molecular formula is C18H25NO4. The van der Waals surface area contributed by atoms with Gasteiger partial charge in [-0.2, -0.15) is 0 Å². The molecular weight excluding hydrogens is 294 g/mol. The Bertz CT molecular complexity index is 575. The minimum Gasteiger partial charge on any atom is -0.491 e. The van der Waals surface area contributed by atoms with Gasteiger partial charge in [0.1, 0.15) is 18.0 Å². The van der Waals surface area contributed by atoms with Crippen molar-refractivity contribution < 1.29 is 19.0 Å². The topological polar surface area (TPSA) is 48.0 Å². The molecule has 126 valence electrons. The highest BCUT2D eigenvalue weighted by atomic mass is 16.6. The predicted octanol–water partition coefficient (Wildman–Crippen LogP) is 3.48. The second-order valence-corrected chi connectivity index (χ2v) is 6.44. The maximum atomic E-state index is 12.3. The monoisotopic (exact) mass is 319 g/mol. The highest BCUT2D eigenvalue weighted by molar-refractivity contribution is 5.69. The van der Waals surface area contributed by atoms with E-state index >= 15 is 0 Å². The second-order valence-electron chi connectivity index (χ2n) is 6.44. The minimum atomic E-state index is -0.502. The van der Waals surface area contributed by atoms with Crippen molar-refractivity contribution in [3.8, 4) is 5.75 Å². The summed E-state index contributed by atoms with van der Waals surface area (Å²) in [6, 6.07) is 5.94. The lowest BCUT2D eigenvalue weighted by molar-refractivity contribution is 0.0225. The predicted molar refractivity (Wildman–Crippen MR) is 89.5 cm³/mol. The van der Waals surface area contributed by atoms with E-state index in [2.05, 4.69) is 0 Å². The van der Waals surface area contributed by atoms with Crippen LogP contribution < -0.4 is 4.74 Å². The number of carbonyl (C=O) groups is 1. The van der Waals surface area contributed by atoms with E-state index in [1.165, 1.54) is 0 Å². The largest absolute Gasteiger partial charge is 0.491 e. The number of methoxy groups -OCH3 is 1. The number of rotatable bonds is 3. The number of ether oxygens (including phenoxy) is 3. The molecule has 1 aliphatic rings. The van der Waals surface area contributed by atoms with Crippen LogP contribution in [-0.4, -0.2) is 43.5 Å². The molecule has 0 spiro atoms. The third kappa shape index (κ3) is 4.99. The number of hydrogen-bond donors (Lipinski definition) is 0. The van der Waals surface area contributed by atoms with Crippen LogP contribution in [0.5, 0.6) is 5.75 Å². The molecule has 1 aromatic carbocycles. The van der Waals surface area contributed by atoms with Crippen molar-refractivity contribution in [3.05, 3.63) is 35.4 Å². The first-order chi connectivity index (χ1) is 10.9. The van der Waals surface area contributed by atoms with E-state index in [4.69, 9.17) is 14.2 Å². The van der Waals surface area contributed by atoms with E-state index in [0.29, 0.717) is 26.3 Å². The van der Waals surface area contributed by atoms with Crippen LogP contribution in [0.2, 0.25) is 0 Å². The molecule has 0 bridgehead atoms. The Morgan fingerprint density at radius 3 is 2.87 bits per heavy atom. The molecule has 0 N–H and O–H groups in total. The van der Waals surface area contributed by atoms with Gasteiger partial charge in [-0.3, -0.25) is 0 Å². The number of amides is 1. The van der Waals surface area contributed by atoms with Gasteiger partial charge in [0, 0.05) is 18.2 Å². The summed E-state index contributed by atoms with van der Waals surface area (Å²) in [4.78, 5) is 14.0. The molecule has 23 heavy (non-hydrogen) atoms. The zero-order valence-corrected chi connectivity index (χ0v) is 14.3. The molecule has 1 aromatic rings. The van der Waals surface area contributed by atoms with Crippen LogP contribution in [0.1, 0.15) is 31.9 Å². The molecule has 5 heteroatoms. The van der Waals surface area contributed by atoms with Gasteiger partial charge in [0.25, 0.3) is 0 Å². The Kier molecular flexibility index (Phi) is 5.66. The molecule has 0 atom stereocenters. The molecule has 0 fully saturated rings. The Morgan fingerprint density at radius 2 is 2.17 bits per heavy atom. The standard InChI is InChI=1S/C18H25NO4/c1-18(2,3)23-17(20)19-10-12-22-16-14(9-6-11-21-4)7-5-8-15(16)13-19/h5-9H,10-13H2,1-4H3. The van der Waals surface area contributed by atoms with Gasteiger partial charge in [-0.15, -0.1) is 0 Å². The fourth-order valence-electron chi connectivity index (χ4n) is 2.33. The first kappa shape index (κ1) is 17.3. The molecule has 1 heterocycles. The first-order valence-electron chi connectivity index (χ1n) is 7.79. The maximum Gasteiger partial charge on any atom is 0.410 e. The van der Waals surface area contributed by atoms with Crippen LogP contribution in [0.25, 0.3) is 6.08 Å². The van der Waals surface area contributed by atoms with Gasteiger partial charge in [-0.1, -0.05) is 30.4 Å². The second kappa shape index (κ2) is 7.51. The summed E-state index contributed by atoms with van der Waals surface area (Å²) in [5.41, 5.74) is 1.47. The summed E-state index contributed by atoms with van der Waals surface area (Å²) < 4.78 is 16.4. The summed E-state index contributed by atoms with van der Waals surface area (Å²) >= 11 is 0. The zero-order chi connectivity index (χ0) is 16.9. The maximum absolute atomic E-state index is 12.3. The number of carbonyl (C=O) groups excluding carboxylic acids is 1. The Labute approximate surface area is 137 Å². The summed E-state index contributed by atoms with van der Waals surface area (Å²) in [5.74, 6) is 0.825. The van der Waals surface area contributed by atoms with E-state index in [1.807, 2.05) is 51.1 Å². The molecule has 0 unspecified atom stereocenters. The minimum absolute atomic E-state index is 0.311. The lowest BCUT2D eigenvalue weighted by Crippen LogP contribution is -2.37. The fraction of sp³-hybridized carbons (Fsp3) is 0.500. The van der Waals surface area contributed by atoms with Crippen molar-refractivity contribution in [3.63, 3.8) is 0 Å². The van der Waals surface area contributed by atoms with E-state index in [-0.39, 0.29) is 6.09 Å². The molecule has 5 nitrogen and oxygen atoms in total. The van der Waals surface area contributed by atoms with Crippen molar-refractivity contribution in [2.45, 2.75) is 32.9 Å². The zero-order valence-electron chi connectivity index (χ0n) is 14.3. The molecule has 0 aromatic heterocycles. The van der Waals surface area contributed by atoms with Crippen LogP contribution in [-0.2, 0) is 16.0 Å². The summed E-state index contributed by atoms with van der Waals surface area (Å²) in [6.07, 6.45) is 3.61. The molecule has 0 radical (unpaired) electrons. The molecule has 0 aliphatic carbocycles. The van der Waals surface area contributed by atoms with Crippen molar-refractivity contribution in [1.29, 1.82) is 0 Å². The van der Waals surface area contributed by atoms with E-state index in [9.17, 15) is 4.79 Å². The highest BCUT2D eigenvalue weighted by Crippen LogP contribution is 2.29. The quantitative estimate of drug-likeness (QED) is 0.856. The highest BCUT2D eigenvalue weighted by Gasteiger charge is 2.25. The molecule has 0 saturated carbocycles. The first-order valence-corrected chi connectivity index (χ1v) is 7.79. The van der Waals surface area contributed by atoms with Gasteiger partial charge in [0.05, 0.1) is 19.7 Å². The van der Waals surface area contributed by atoms with Crippen LogP contribution >= 0.6 is 0 Å². The number of hydrogen-bond acceptors (Lipinski definition) is 4. The van der Waals surface area contributed by atoms with Crippen molar-refractivity contribution in [2.75, 3.05) is 26.9 Å². The lowest BCUT2D eigenvalue weighted by atomic mass is 10.1. The van der Waals surface area contributed by atoms with Gasteiger partial charge >= 0.3 is 6.09 Å². The Balaban J connectivity index is 2.18. The van der Waals surface area contributed by atoms with E-state index < -0.39 is 5.60 Å². The Hall–Kier alpha value is -2.01. The van der Waals surface area contributed by atoms with Gasteiger partial charge < -0.3 is 19.1 Å². The van der Waals surface area contributed by atoms with Crippen LogP contribution in [0.4, 0.5) is 4.79 Å². The molecule has 2 rings (SSSR count). The number of fused-ring (bicyclic) bond motifs is 1. The van der Waals surface area contributed by atoms with Crippen LogP contribution in [0.15, 0.2) is 24.3 Å². The SMILES string of the molecule is COCC=Cc1cccc2c1OCCN(C(=O)OC(C)(C)C)C2. The fourth-order valence-corrected chi connectivity index (χ4v) is 2.33. The average Bonchev–Trinajstić information content (AvgIpc) is 2.68. The van der Waals surface area contributed by atoms with Gasteiger partial charge in [0.15, 0.2) is 0 Å². The number of nitrogens with zero attached hydrogens (tertiary/aromatic N) is 1. The molecule has 1 aliphatic heterocycles. The average molecular weight is 319 g/mol. The van der Waals surface area contributed by atoms with Gasteiger partial charge in [-0.25, -0.2) is 4.79 Å². The summed E-state index contributed by atoms with van der Waals surface area (Å²) in [7, 11) is 1.66. The lowest BCUT2D eigenvalue weighted by Gasteiger charge is -2.26. The molecule has 1 amide bonds. The number of benzene rings is 1. The summed E-state index contributed by atoms with van der Waals surface area (Å²) in [5, 5.41) is 0. The van der Waals surface area contributed by atoms with Crippen molar-refractivity contribution in [2.24, 2.45) is 0 Å². The Morgan fingerprint density at radius 1 is 1.39 bits per heavy atom. The van der Waals surface area contributed by atoms with E-state index in [1.54, 1.807) is 12.0 Å². The molecule has 0 saturated heterocycles.